The van der Waals surface area contributed by atoms with Crippen LogP contribution in [0.3, 0.4) is 0 Å². The summed E-state index contributed by atoms with van der Waals surface area (Å²) in [7, 11) is 0. The Morgan fingerprint density at radius 1 is 1.24 bits per heavy atom. The minimum absolute atomic E-state index is 0.0947. The summed E-state index contributed by atoms with van der Waals surface area (Å²) in [5.41, 5.74) is 0.590. The first-order chi connectivity index (χ1) is 13.6. The molecular weight excluding hydrogens is 412 g/mol. The number of esters is 1. The third-order valence-electron chi connectivity index (χ3n) is 4.31. The highest BCUT2D eigenvalue weighted by molar-refractivity contribution is 6.33. The molecule has 0 amide bonds. The van der Waals surface area contributed by atoms with Crippen molar-refractivity contribution in [2.45, 2.75) is 39.0 Å². The first-order valence-electron chi connectivity index (χ1n) is 8.74. The van der Waals surface area contributed by atoms with Crippen molar-refractivity contribution >= 4 is 23.2 Å². The van der Waals surface area contributed by atoms with Gasteiger partial charge in [-0.2, -0.15) is 13.2 Å². The molecule has 0 aliphatic rings. The lowest BCUT2D eigenvalue weighted by molar-refractivity contribution is -0.144. The Kier molecular flexibility index (Phi) is 5.84. The molecule has 2 heterocycles. The zero-order chi connectivity index (χ0) is 21.3. The monoisotopic (exact) mass is 428 g/mol. The number of benzene rings is 1. The van der Waals surface area contributed by atoms with E-state index in [9.17, 15) is 22.4 Å². The summed E-state index contributed by atoms with van der Waals surface area (Å²) in [6.07, 6.45) is -3.79. The molecule has 0 aliphatic carbocycles. The Morgan fingerprint density at radius 2 is 1.90 bits per heavy atom. The predicted octanol–water partition coefficient (Wildman–Crippen LogP) is 5.55. The van der Waals surface area contributed by atoms with Gasteiger partial charge in [0.05, 0.1) is 28.4 Å². The van der Waals surface area contributed by atoms with Gasteiger partial charge in [0.15, 0.2) is 5.65 Å². The Bertz CT molecular complexity index is 1040. The van der Waals surface area contributed by atoms with Gasteiger partial charge in [-0.05, 0) is 29.7 Å². The number of hydrogen-bond donors (Lipinski definition) is 0. The minimum Gasteiger partial charge on any atom is -0.459 e. The Morgan fingerprint density at radius 3 is 2.48 bits per heavy atom. The van der Waals surface area contributed by atoms with Crippen molar-refractivity contribution in [3.63, 3.8) is 0 Å². The fraction of sp³-hybridized carbons (Fsp3) is 0.300. The molecule has 4 nitrogen and oxygen atoms in total. The van der Waals surface area contributed by atoms with Crippen molar-refractivity contribution in [1.29, 1.82) is 0 Å². The van der Waals surface area contributed by atoms with E-state index in [0.29, 0.717) is 17.0 Å². The number of pyridine rings is 1. The lowest BCUT2D eigenvalue weighted by Crippen LogP contribution is -2.12. The highest BCUT2D eigenvalue weighted by Crippen LogP contribution is 2.34. The zero-order valence-electron chi connectivity index (χ0n) is 15.6. The van der Waals surface area contributed by atoms with Gasteiger partial charge in [-0.25, -0.2) is 9.37 Å². The van der Waals surface area contributed by atoms with Gasteiger partial charge in [-0.15, -0.1) is 0 Å². The van der Waals surface area contributed by atoms with Gasteiger partial charge in [0.25, 0.3) is 0 Å². The number of halogens is 5. The molecule has 0 atom stereocenters. The average Bonchev–Trinajstić information content (AvgIpc) is 3.01. The topological polar surface area (TPSA) is 43.6 Å². The molecule has 0 spiro atoms. The number of imidazole rings is 1. The second kappa shape index (κ2) is 8.02. The SMILES string of the molecule is CC(C)c1nc2c(Cl)cc(C(F)(F)F)cn2c1COC(=O)Cc1ccc(F)cc1. The van der Waals surface area contributed by atoms with Crippen LogP contribution in [0.15, 0.2) is 36.5 Å². The lowest BCUT2D eigenvalue weighted by Gasteiger charge is -2.11. The summed E-state index contributed by atoms with van der Waals surface area (Å²) in [6.45, 7) is 3.38. The first-order valence-corrected chi connectivity index (χ1v) is 9.11. The lowest BCUT2D eigenvalue weighted by atomic mass is 10.1. The minimum atomic E-state index is -4.59. The van der Waals surface area contributed by atoms with E-state index < -0.39 is 23.5 Å². The summed E-state index contributed by atoms with van der Waals surface area (Å²) in [6, 6.07) is 6.19. The fourth-order valence-corrected chi connectivity index (χ4v) is 3.15. The molecule has 0 saturated heterocycles. The molecule has 0 bridgehead atoms. The highest BCUT2D eigenvalue weighted by Gasteiger charge is 2.32. The number of hydrogen-bond acceptors (Lipinski definition) is 3. The predicted molar refractivity (Wildman–Crippen MR) is 99.2 cm³/mol. The largest absolute Gasteiger partial charge is 0.459 e. The van der Waals surface area contributed by atoms with Crippen LogP contribution in [0.1, 0.15) is 42.3 Å². The Labute approximate surface area is 169 Å². The molecule has 29 heavy (non-hydrogen) atoms. The third-order valence-corrected chi connectivity index (χ3v) is 4.59. The first kappa shape index (κ1) is 21.1. The van der Waals surface area contributed by atoms with Gasteiger partial charge in [-0.3, -0.25) is 9.20 Å². The number of alkyl halides is 3. The molecule has 2 aromatic heterocycles. The van der Waals surface area contributed by atoms with E-state index in [1.807, 2.05) is 13.8 Å². The second-order valence-electron chi connectivity index (χ2n) is 6.83. The van der Waals surface area contributed by atoms with Crippen LogP contribution in [0.5, 0.6) is 0 Å². The normalized spacial score (nSPS) is 12.0. The standard InChI is InChI=1S/C20H17ClF4N2O2/c1-11(2)18-16(10-29-17(28)7-12-3-5-14(22)6-4-12)27-9-13(20(23,24)25)8-15(21)19(27)26-18/h3-6,8-9,11H,7,10H2,1-2H3. The van der Waals surface area contributed by atoms with E-state index in [-0.39, 0.29) is 29.6 Å². The number of rotatable bonds is 5. The Balaban J connectivity index is 1.90. The Hall–Kier alpha value is -2.61. The van der Waals surface area contributed by atoms with E-state index >= 15 is 0 Å². The van der Waals surface area contributed by atoms with Crippen molar-refractivity contribution < 1.29 is 27.1 Å². The number of nitrogens with zero attached hydrogens (tertiary/aromatic N) is 2. The summed E-state index contributed by atoms with van der Waals surface area (Å²) in [4.78, 5) is 16.5. The smallest absolute Gasteiger partial charge is 0.417 e. The quantitative estimate of drug-likeness (QED) is 0.395. The maximum absolute atomic E-state index is 13.2. The van der Waals surface area contributed by atoms with Crippen LogP contribution in [0, 0.1) is 5.82 Å². The van der Waals surface area contributed by atoms with Crippen molar-refractivity contribution in [2.24, 2.45) is 0 Å². The molecule has 0 N–H and O–H groups in total. The molecule has 154 valence electrons. The molecule has 0 fully saturated rings. The van der Waals surface area contributed by atoms with Gasteiger partial charge in [0.2, 0.25) is 0 Å². The van der Waals surface area contributed by atoms with E-state index in [0.717, 1.165) is 12.3 Å². The molecule has 0 saturated carbocycles. The van der Waals surface area contributed by atoms with E-state index in [2.05, 4.69) is 4.98 Å². The van der Waals surface area contributed by atoms with Crippen molar-refractivity contribution in [1.82, 2.24) is 9.38 Å². The fourth-order valence-electron chi connectivity index (χ4n) is 2.90. The van der Waals surface area contributed by atoms with E-state index in [1.165, 1.54) is 28.7 Å². The molecule has 1 aromatic carbocycles. The van der Waals surface area contributed by atoms with Crippen molar-refractivity contribution in [3.05, 3.63) is 69.9 Å². The second-order valence-corrected chi connectivity index (χ2v) is 7.24. The maximum atomic E-state index is 13.2. The van der Waals surface area contributed by atoms with Crippen LogP contribution in [0.25, 0.3) is 5.65 Å². The molecule has 9 heteroatoms. The maximum Gasteiger partial charge on any atom is 0.417 e. The average molecular weight is 429 g/mol. The van der Waals surface area contributed by atoms with Crippen LogP contribution in [-0.2, 0) is 28.7 Å². The van der Waals surface area contributed by atoms with Crippen LogP contribution in [0.2, 0.25) is 5.02 Å². The molecule has 3 aromatic rings. The molecule has 0 unspecified atom stereocenters. The van der Waals surface area contributed by atoms with Gasteiger partial charge in [0.1, 0.15) is 12.4 Å². The van der Waals surface area contributed by atoms with Crippen LogP contribution < -0.4 is 0 Å². The van der Waals surface area contributed by atoms with Crippen LogP contribution in [0.4, 0.5) is 17.6 Å². The summed E-state index contributed by atoms with van der Waals surface area (Å²) in [5, 5.41) is -0.148. The van der Waals surface area contributed by atoms with Crippen molar-refractivity contribution in [2.75, 3.05) is 0 Å². The molecular formula is C20H17ClF4N2O2. The number of carbonyl (C=O) groups is 1. The zero-order valence-corrected chi connectivity index (χ0v) is 16.3. The van der Waals surface area contributed by atoms with Crippen molar-refractivity contribution in [3.8, 4) is 0 Å². The molecule has 3 rings (SSSR count). The number of ether oxygens (including phenoxy) is 1. The molecule has 0 radical (unpaired) electrons. The molecule has 0 aliphatic heterocycles. The van der Waals surface area contributed by atoms with E-state index in [4.69, 9.17) is 16.3 Å². The van der Waals surface area contributed by atoms with Crippen LogP contribution >= 0.6 is 11.6 Å². The van der Waals surface area contributed by atoms with Gasteiger partial charge < -0.3 is 4.74 Å². The summed E-state index contributed by atoms with van der Waals surface area (Å²) in [5.74, 6) is -1.16. The van der Waals surface area contributed by atoms with E-state index in [1.54, 1.807) is 0 Å². The van der Waals surface area contributed by atoms with Gasteiger partial charge in [0, 0.05) is 6.20 Å². The number of fused-ring (bicyclic) bond motifs is 1. The van der Waals surface area contributed by atoms with Gasteiger partial charge in [-0.1, -0.05) is 37.6 Å². The van der Waals surface area contributed by atoms with Gasteiger partial charge >= 0.3 is 12.1 Å². The third kappa shape index (κ3) is 4.70. The number of carbonyl (C=O) groups excluding carboxylic acids is 1. The number of aromatic nitrogens is 2. The van der Waals surface area contributed by atoms with Crippen LogP contribution in [-0.4, -0.2) is 15.4 Å². The highest BCUT2D eigenvalue weighted by atomic mass is 35.5. The summed E-state index contributed by atoms with van der Waals surface area (Å²) >= 11 is 6.02. The summed E-state index contributed by atoms with van der Waals surface area (Å²) < 4.78 is 59.0.